The third kappa shape index (κ3) is 2.25. The number of nitrogens with zero attached hydrogens (tertiary/aromatic N) is 2. The molecule has 15 heavy (non-hydrogen) atoms. The molecule has 0 atom stereocenters. The highest BCUT2D eigenvalue weighted by Crippen LogP contribution is 2.30. The Morgan fingerprint density at radius 1 is 1.40 bits per heavy atom. The largest absolute Gasteiger partial charge is 0.240 e. The monoisotopic (exact) mass is 278 g/mol. The van der Waals surface area contributed by atoms with Crippen molar-refractivity contribution >= 4 is 27.3 Å². The van der Waals surface area contributed by atoms with Crippen LogP contribution in [0, 0.1) is 11.3 Å². The fourth-order valence-corrected chi connectivity index (χ4v) is 2.69. The van der Waals surface area contributed by atoms with Crippen molar-refractivity contribution in [2.24, 2.45) is 0 Å². The van der Waals surface area contributed by atoms with Crippen LogP contribution in [0.2, 0.25) is 0 Å². The van der Waals surface area contributed by atoms with E-state index >= 15 is 0 Å². The van der Waals surface area contributed by atoms with E-state index in [2.05, 4.69) is 27.0 Å². The predicted molar refractivity (Wildman–Crippen MR) is 64.6 cm³/mol. The zero-order chi connectivity index (χ0) is 10.7. The maximum absolute atomic E-state index is 8.56. The molecule has 0 amide bonds. The minimum absolute atomic E-state index is 0.376. The van der Waals surface area contributed by atoms with Gasteiger partial charge in [-0.15, -0.1) is 11.3 Å². The van der Waals surface area contributed by atoms with E-state index in [0.717, 1.165) is 20.7 Å². The van der Waals surface area contributed by atoms with Crippen LogP contribution in [0.15, 0.2) is 34.1 Å². The molecule has 0 bridgehead atoms. The zero-order valence-electron chi connectivity index (χ0n) is 7.77. The lowest BCUT2D eigenvalue weighted by Gasteiger charge is -1.98. The van der Waals surface area contributed by atoms with Gasteiger partial charge in [0.15, 0.2) is 0 Å². The molecule has 74 valence electrons. The quantitative estimate of drug-likeness (QED) is 0.841. The van der Waals surface area contributed by atoms with Gasteiger partial charge in [-0.2, -0.15) is 5.26 Å². The van der Waals surface area contributed by atoms with Crippen molar-refractivity contribution in [1.29, 1.82) is 5.26 Å². The van der Waals surface area contributed by atoms with E-state index in [1.165, 1.54) is 0 Å². The van der Waals surface area contributed by atoms with Gasteiger partial charge in [0, 0.05) is 15.4 Å². The fourth-order valence-electron chi connectivity index (χ4n) is 1.23. The van der Waals surface area contributed by atoms with E-state index in [0.29, 0.717) is 6.42 Å². The lowest BCUT2D eigenvalue weighted by atomic mass is 10.2. The van der Waals surface area contributed by atoms with Gasteiger partial charge in [-0.1, -0.05) is 34.1 Å². The molecule has 1 heterocycles. The Balaban J connectivity index is 2.38. The summed E-state index contributed by atoms with van der Waals surface area (Å²) >= 11 is 5.05. The molecule has 0 aliphatic carbocycles. The summed E-state index contributed by atoms with van der Waals surface area (Å²) in [6.45, 7) is 0. The summed E-state index contributed by atoms with van der Waals surface area (Å²) < 4.78 is 1.03. The normalized spacial score (nSPS) is 9.87. The van der Waals surface area contributed by atoms with Crippen molar-refractivity contribution in [2.45, 2.75) is 6.42 Å². The number of rotatable bonds is 2. The molecule has 0 unspecified atom stereocenters. The van der Waals surface area contributed by atoms with Gasteiger partial charge in [-0.05, 0) is 6.07 Å². The zero-order valence-corrected chi connectivity index (χ0v) is 10.2. The Labute approximate surface area is 100 Å². The van der Waals surface area contributed by atoms with Gasteiger partial charge in [0.2, 0.25) is 0 Å². The summed E-state index contributed by atoms with van der Waals surface area (Å²) in [4.78, 5) is 4.40. The Kier molecular flexibility index (Phi) is 3.14. The summed E-state index contributed by atoms with van der Waals surface area (Å²) in [5.41, 5.74) is 1.92. The van der Waals surface area contributed by atoms with E-state index in [4.69, 9.17) is 5.26 Å². The third-order valence-corrected chi connectivity index (χ3v) is 3.53. The van der Waals surface area contributed by atoms with Gasteiger partial charge in [-0.25, -0.2) is 4.98 Å². The molecule has 2 rings (SSSR count). The molecule has 0 aliphatic heterocycles. The Morgan fingerprint density at radius 2 is 2.20 bits per heavy atom. The molecule has 2 aromatic rings. The second-order valence-corrected chi connectivity index (χ2v) is 4.67. The topological polar surface area (TPSA) is 36.7 Å². The van der Waals surface area contributed by atoms with Crippen LogP contribution in [0.1, 0.15) is 5.69 Å². The minimum atomic E-state index is 0.376. The van der Waals surface area contributed by atoms with Gasteiger partial charge in [0.1, 0.15) is 5.01 Å². The summed E-state index contributed by atoms with van der Waals surface area (Å²) in [6, 6.07) is 10.0. The molecule has 0 saturated heterocycles. The van der Waals surface area contributed by atoms with Crippen molar-refractivity contribution in [3.8, 4) is 16.6 Å². The summed E-state index contributed by atoms with van der Waals surface area (Å²) in [5.74, 6) is 0. The summed E-state index contributed by atoms with van der Waals surface area (Å²) in [5, 5.41) is 11.4. The van der Waals surface area contributed by atoms with Crippen LogP contribution in [-0.2, 0) is 6.42 Å². The summed E-state index contributed by atoms with van der Waals surface area (Å²) in [6.07, 6.45) is 0.376. The first-order chi connectivity index (χ1) is 7.31. The molecule has 1 aromatic heterocycles. The van der Waals surface area contributed by atoms with Crippen molar-refractivity contribution in [1.82, 2.24) is 4.98 Å². The van der Waals surface area contributed by atoms with E-state index in [1.54, 1.807) is 11.3 Å². The third-order valence-electron chi connectivity index (χ3n) is 1.92. The first kappa shape index (κ1) is 10.3. The lowest BCUT2D eigenvalue weighted by Crippen LogP contribution is -1.82. The Hall–Kier alpha value is -1.18. The number of halogens is 1. The van der Waals surface area contributed by atoms with Crippen molar-refractivity contribution in [3.63, 3.8) is 0 Å². The van der Waals surface area contributed by atoms with Crippen LogP contribution in [0.4, 0.5) is 0 Å². The molecule has 0 fully saturated rings. The molecule has 0 radical (unpaired) electrons. The van der Waals surface area contributed by atoms with Crippen molar-refractivity contribution in [3.05, 3.63) is 39.8 Å². The summed E-state index contributed by atoms with van der Waals surface area (Å²) in [7, 11) is 0. The van der Waals surface area contributed by atoms with Gasteiger partial charge in [-0.3, -0.25) is 0 Å². The predicted octanol–water partition coefficient (Wildman–Crippen LogP) is 3.64. The van der Waals surface area contributed by atoms with Crippen LogP contribution < -0.4 is 0 Å². The molecule has 1 aromatic carbocycles. The Bertz CT molecular complexity index is 513. The first-order valence-corrected chi connectivity index (χ1v) is 6.05. The van der Waals surface area contributed by atoms with Crippen molar-refractivity contribution in [2.75, 3.05) is 0 Å². The van der Waals surface area contributed by atoms with Crippen LogP contribution in [0.3, 0.4) is 0 Å². The number of aromatic nitrogens is 1. The van der Waals surface area contributed by atoms with Gasteiger partial charge >= 0.3 is 0 Å². The van der Waals surface area contributed by atoms with Gasteiger partial charge in [0.05, 0.1) is 18.2 Å². The highest BCUT2D eigenvalue weighted by molar-refractivity contribution is 9.10. The highest BCUT2D eigenvalue weighted by atomic mass is 79.9. The molecule has 0 N–H and O–H groups in total. The van der Waals surface area contributed by atoms with Crippen LogP contribution in [0.25, 0.3) is 10.6 Å². The van der Waals surface area contributed by atoms with E-state index < -0.39 is 0 Å². The number of hydrogen-bond donors (Lipinski definition) is 0. The lowest BCUT2D eigenvalue weighted by molar-refractivity contribution is 1.16. The number of hydrogen-bond acceptors (Lipinski definition) is 3. The molecular weight excluding hydrogens is 272 g/mol. The maximum atomic E-state index is 8.56. The van der Waals surface area contributed by atoms with E-state index in [9.17, 15) is 0 Å². The highest BCUT2D eigenvalue weighted by Gasteiger charge is 2.06. The van der Waals surface area contributed by atoms with Crippen LogP contribution >= 0.6 is 27.3 Å². The average Bonchev–Trinajstić information content (AvgIpc) is 2.68. The smallest absolute Gasteiger partial charge is 0.124 e. The molecule has 0 aliphatic rings. The number of benzene rings is 1. The Morgan fingerprint density at radius 3 is 2.93 bits per heavy atom. The SMILES string of the molecule is N#CCc1csc(-c2ccccc2Br)n1. The standard InChI is InChI=1S/C11H7BrN2S/c12-10-4-2-1-3-9(10)11-14-8(5-6-13)7-15-11/h1-4,7H,5H2. The first-order valence-electron chi connectivity index (χ1n) is 4.37. The van der Waals surface area contributed by atoms with E-state index in [-0.39, 0.29) is 0 Å². The number of nitriles is 1. The molecule has 0 saturated carbocycles. The second-order valence-electron chi connectivity index (χ2n) is 2.96. The molecule has 4 heteroatoms. The average molecular weight is 279 g/mol. The molecule has 2 nitrogen and oxygen atoms in total. The maximum Gasteiger partial charge on any atom is 0.124 e. The molecule has 0 spiro atoms. The second kappa shape index (κ2) is 4.56. The van der Waals surface area contributed by atoms with Crippen molar-refractivity contribution < 1.29 is 0 Å². The number of thiazole rings is 1. The van der Waals surface area contributed by atoms with E-state index in [1.807, 2.05) is 29.6 Å². The van der Waals surface area contributed by atoms with Gasteiger partial charge < -0.3 is 0 Å². The van der Waals surface area contributed by atoms with Crippen LogP contribution in [0.5, 0.6) is 0 Å². The van der Waals surface area contributed by atoms with Gasteiger partial charge in [0.25, 0.3) is 0 Å². The minimum Gasteiger partial charge on any atom is -0.240 e. The van der Waals surface area contributed by atoms with Crippen LogP contribution in [-0.4, -0.2) is 4.98 Å². The molecular formula is C11H7BrN2S. The fraction of sp³-hybridized carbons (Fsp3) is 0.0909.